The Balaban J connectivity index is 0.00000288. The molecule has 3 N–H and O–H groups in total. The second kappa shape index (κ2) is 11.6. The third-order valence-corrected chi connectivity index (χ3v) is 3.72. The van der Waals surface area contributed by atoms with Gasteiger partial charge in [-0.3, -0.25) is 9.48 Å². The first-order chi connectivity index (χ1) is 11.3. The van der Waals surface area contributed by atoms with E-state index in [0.717, 1.165) is 44.3 Å². The second-order valence-electron chi connectivity index (χ2n) is 5.76. The van der Waals surface area contributed by atoms with Crippen molar-refractivity contribution in [3.8, 4) is 0 Å². The van der Waals surface area contributed by atoms with Crippen LogP contribution in [0.25, 0.3) is 0 Å². The van der Waals surface area contributed by atoms with Gasteiger partial charge in [0.25, 0.3) is 0 Å². The molecule has 0 bridgehead atoms. The zero-order chi connectivity index (χ0) is 16.3. The lowest BCUT2D eigenvalue weighted by molar-refractivity contribution is -0.121. The lowest BCUT2D eigenvalue weighted by Gasteiger charge is -2.04. The Morgan fingerprint density at radius 1 is 1.08 bits per heavy atom. The molecule has 1 heterocycles. The number of aromatic nitrogens is 2. The fourth-order valence-electron chi connectivity index (χ4n) is 2.43. The molecule has 1 amide bonds. The van der Waals surface area contributed by atoms with Gasteiger partial charge in [-0.1, -0.05) is 43.2 Å². The van der Waals surface area contributed by atoms with Crippen LogP contribution < -0.4 is 11.1 Å². The largest absolute Gasteiger partial charge is 0.352 e. The molecule has 0 spiro atoms. The van der Waals surface area contributed by atoms with Crippen molar-refractivity contribution in [1.82, 2.24) is 15.1 Å². The molecule has 0 aliphatic carbocycles. The average molecular weight is 351 g/mol. The van der Waals surface area contributed by atoms with Crippen LogP contribution in [0, 0.1) is 0 Å². The van der Waals surface area contributed by atoms with Gasteiger partial charge in [0.05, 0.1) is 12.7 Å². The van der Waals surface area contributed by atoms with E-state index in [4.69, 9.17) is 5.73 Å². The zero-order valence-electron chi connectivity index (χ0n) is 14.0. The summed E-state index contributed by atoms with van der Waals surface area (Å²) in [5.41, 5.74) is 7.68. The van der Waals surface area contributed by atoms with Gasteiger partial charge in [0.15, 0.2) is 0 Å². The molecule has 24 heavy (non-hydrogen) atoms. The molecule has 0 aliphatic heterocycles. The van der Waals surface area contributed by atoms with Gasteiger partial charge in [-0.25, -0.2) is 0 Å². The van der Waals surface area contributed by atoms with Gasteiger partial charge in [-0.05, 0) is 24.9 Å². The summed E-state index contributed by atoms with van der Waals surface area (Å²) in [5.74, 6) is 0.105. The van der Waals surface area contributed by atoms with Gasteiger partial charge in [-0.2, -0.15) is 5.10 Å². The predicted octanol–water partition coefficient (Wildman–Crippen LogP) is 2.88. The van der Waals surface area contributed by atoms with Crippen molar-refractivity contribution in [3.05, 3.63) is 53.9 Å². The number of carbonyl (C=O) groups excluding carboxylic acids is 1. The summed E-state index contributed by atoms with van der Waals surface area (Å²) in [6.45, 7) is 2.02. The number of benzene rings is 1. The Morgan fingerprint density at radius 3 is 2.58 bits per heavy atom. The van der Waals surface area contributed by atoms with Crippen LogP contribution in [0.2, 0.25) is 0 Å². The first-order valence-electron chi connectivity index (χ1n) is 8.30. The molecule has 1 aromatic carbocycles. The van der Waals surface area contributed by atoms with Crippen molar-refractivity contribution in [2.75, 3.05) is 6.54 Å². The Hall–Kier alpha value is -1.85. The van der Waals surface area contributed by atoms with Crippen LogP contribution >= 0.6 is 12.4 Å². The summed E-state index contributed by atoms with van der Waals surface area (Å²) in [7, 11) is 0. The maximum absolute atomic E-state index is 11.8. The summed E-state index contributed by atoms with van der Waals surface area (Å²) in [6, 6.07) is 10.2. The standard InChI is InChI=1S/C18H26N4O.ClH/c19-11-7-2-1-6-10-18(23)20-12-17-13-21-22(15-17)14-16-8-4-3-5-9-16;/h3-5,8-9,13,15H,1-2,6-7,10-12,14,19H2,(H,20,23);1H. The summed E-state index contributed by atoms with van der Waals surface area (Å²) >= 11 is 0. The molecule has 132 valence electrons. The van der Waals surface area contributed by atoms with E-state index in [1.54, 1.807) is 0 Å². The molecule has 0 radical (unpaired) electrons. The molecular weight excluding hydrogens is 324 g/mol. The Labute approximate surface area is 150 Å². The summed E-state index contributed by atoms with van der Waals surface area (Å²) in [4.78, 5) is 11.8. The average Bonchev–Trinajstić information content (AvgIpc) is 3.01. The Kier molecular flexibility index (Phi) is 9.80. The van der Waals surface area contributed by atoms with Crippen LogP contribution in [-0.2, 0) is 17.9 Å². The number of nitrogens with zero attached hydrogens (tertiary/aromatic N) is 2. The van der Waals surface area contributed by atoms with E-state index in [0.29, 0.717) is 13.0 Å². The summed E-state index contributed by atoms with van der Waals surface area (Å²) < 4.78 is 1.89. The number of halogens is 1. The normalized spacial score (nSPS) is 10.2. The molecule has 1 aromatic heterocycles. The molecule has 6 heteroatoms. The molecular formula is C18H27ClN4O. The molecule has 5 nitrogen and oxygen atoms in total. The third-order valence-electron chi connectivity index (χ3n) is 3.72. The van der Waals surface area contributed by atoms with Crippen molar-refractivity contribution in [1.29, 1.82) is 0 Å². The van der Waals surface area contributed by atoms with Crippen LogP contribution in [0.4, 0.5) is 0 Å². The smallest absolute Gasteiger partial charge is 0.220 e. The Morgan fingerprint density at radius 2 is 1.83 bits per heavy atom. The molecule has 0 unspecified atom stereocenters. The van der Waals surface area contributed by atoms with E-state index in [1.807, 2.05) is 35.3 Å². The number of rotatable bonds is 10. The fraction of sp³-hybridized carbons (Fsp3) is 0.444. The van der Waals surface area contributed by atoms with Crippen molar-refractivity contribution in [3.63, 3.8) is 0 Å². The first-order valence-corrected chi connectivity index (χ1v) is 8.30. The quantitative estimate of drug-likeness (QED) is 0.647. The van der Waals surface area contributed by atoms with Gasteiger partial charge in [0, 0.05) is 24.7 Å². The van der Waals surface area contributed by atoms with Crippen LogP contribution in [0.5, 0.6) is 0 Å². The highest BCUT2D eigenvalue weighted by Crippen LogP contribution is 2.05. The van der Waals surface area contributed by atoms with Gasteiger partial charge >= 0.3 is 0 Å². The molecule has 2 aromatic rings. The maximum Gasteiger partial charge on any atom is 0.220 e. The van der Waals surface area contributed by atoms with Crippen molar-refractivity contribution in [2.24, 2.45) is 5.73 Å². The van der Waals surface area contributed by atoms with E-state index < -0.39 is 0 Å². The van der Waals surface area contributed by atoms with Crippen molar-refractivity contribution in [2.45, 2.75) is 45.2 Å². The van der Waals surface area contributed by atoms with E-state index >= 15 is 0 Å². The monoisotopic (exact) mass is 350 g/mol. The second-order valence-corrected chi connectivity index (χ2v) is 5.76. The van der Waals surface area contributed by atoms with Gasteiger partial charge in [-0.15, -0.1) is 12.4 Å². The number of nitrogens with two attached hydrogens (primary N) is 1. The summed E-state index contributed by atoms with van der Waals surface area (Å²) in [5, 5.41) is 7.29. The SMILES string of the molecule is Cl.NCCCCCCC(=O)NCc1cnn(Cc2ccccc2)c1. The van der Waals surface area contributed by atoms with Crippen molar-refractivity contribution < 1.29 is 4.79 Å². The van der Waals surface area contributed by atoms with Gasteiger partial charge in [0.1, 0.15) is 0 Å². The molecule has 2 rings (SSSR count). The third kappa shape index (κ3) is 7.62. The molecule has 0 aliphatic rings. The van der Waals surface area contributed by atoms with E-state index in [1.165, 1.54) is 5.56 Å². The zero-order valence-corrected chi connectivity index (χ0v) is 14.8. The van der Waals surface area contributed by atoms with Crippen LogP contribution in [0.1, 0.15) is 43.2 Å². The number of amides is 1. The highest BCUT2D eigenvalue weighted by Gasteiger charge is 2.03. The van der Waals surface area contributed by atoms with E-state index in [9.17, 15) is 4.79 Å². The first kappa shape index (κ1) is 20.2. The van der Waals surface area contributed by atoms with Crippen LogP contribution in [-0.4, -0.2) is 22.2 Å². The van der Waals surface area contributed by atoms with Crippen molar-refractivity contribution >= 4 is 18.3 Å². The maximum atomic E-state index is 11.8. The Bertz CT molecular complexity index is 586. The van der Waals surface area contributed by atoms with Gasteiger partial charge < -0.3 is 11.1 Å². The minimum absolute atomic E-state index is 0. The number of nitrogens with one attached hydrogen (secondary N) is 1. The lowest BCUT2D eigenvalue weighted by Crippen LogP contribution is -2.22. The molecule has 0 saturated heterocycles. The van der Waals surface area contributed by atoms with Gasteiger partial charge in [0.2, 0.25) is 5.91 Å². The van der Waals surface area contributed by atoms with E-state index in [-0.39, 0.29) is 18.3 Å². The van der Waals surface area contributed by atoms with Crippen LogP contribution in [0.15, 0.2) is 42.7 Å². The highest BCUT2D eigenvalue weighted by molar-refractivity contribution is 5.85. The van der Waals surface area contributed by atoms with E-state index in [2.05, 4.69) is 22.5 Å². The lowest BCUT2D eigenvalue weighted by atomic mass is 10.1. The molecule has 0 saturated carbocycles. The number of hydrogen-bond acceptors (Lipinski definition) is 3. The minimum atomic E-state index is 0. The fourth-order valence-corrected chi connectivity index (χ4v) is 2.43. The topological polar surface area (TPSA) is 72.9 Å². The predicted molar refractivity (Wildman–Crippen MR) is 99.0 cm³/mol. The minimum Gasteiger partial charge on any atom is -0.352 e. The highest BCUT2D eigenvalue weighted by atomic mass is 35.5. The van der Waals surface area contributed by atoms with Crippen LogP contribution in [0.3, 0.4) is 0 Å². The summed E-state index contributed by atoms with van der Waals surface area (Å²) in [6.07, 6.45) is 8.53. The number of hydrogen-bond donors (Lipinski definition) is 2. The number of unbranched alkanes of at least 4 members (excludes halogenated alkanes) is 3. The molecule has 0 fully saturated rings. The number of carbonyl (C=O) groups is 1. The molecule has 0 atom stereocenters.